The molecule has 0 aliphatic carbocycles. The van der Waals surface area contributed by atoms with Crippen molar-refractivity contribution in [1.29, 1.82) is 0 Å². The molecule has 1 N–H and O–H groups in total. The fraction of sp³-hybridized carbons (Fsp3) is 0.385. The number of methoxy groups -OCH3 is 1. The van der Waals surface area contributed by atoms with Crippen LogP contribution >= 0.6 is 11.6 Å². The predicted molar refractivity (Wildman–Crippen MR) is 131 cm³/mol. The largest absolute Gasteiger partial charge is 0.496 e. The second kappa shape index (κ2) is 11.0. The van der Waals surface area contributed by atoms with Gasteiger partial charge in [0.25, 0.3) is 0 Å². The summed E-state index contributed by atoms with van der Waals surface area (Å²) in [5.74, 6) is -0.571. The van der Waals surface area contributed by atoms with Crippen LogP contribution < -0.4 is 10.2 Å². The van der Waals surface area contributed by atoms with Crippen LogP contribution in [-0.4, -0.2) is 36.0 Å². The van der Waals surface area contributed by atoms with Crippen molar-refractivity contribution in [3.05, 3.63) is 74.3 Å². The van der Waals surface area contributed by atoms with Gasteiger partial charge in [-0.15, -0.1) is 0 Å². The second-order valence-electron chi connectivity index (χ2n) is 8.54. The molecule has 0 saturated heterocycles. The maximum atomic E-state index is 14.6. The number of esters is 1. The molecule has 0 fully saturated rings. The van der Waals surface area contributed by atoms with E-state index in [1.807, 2.05) is 13.8 Å². The number of hydrogen-bond donors (Lipinski definition) is 1. The molecule has 34 heavy (non-hydrogen) atoms. The highest BCUT2D eigenvalue weighted by molar-refractivity contribution is 6.30. The molecular formula is C26H29ClFNO5. The summed E-state index contributed by atoms with van der Waals surface area (Å²) < 4.78 is 27.0. The predicted octanol–water partition coefficient (Wildman–Crippen LogP) is 5.15. The van der Waals surface area contributed by atoms with E-state index in [0.29, 0.717) is 28.8 Å². The van der Waals surface area contributed by atoms with E-state index in [0.717, 1.165) is 0 Å². The number of benzene rings is 2. The van der Waals surface area contributed by atoms with E-state index in [2.05, 4.69) is 0 Å². The number of nitrogens with zero attached hydrogens (tertiary/aromatic N) is 1. The van der Waals surface area contributed by atoms with E-state index in [1.165, 1.54) is 19.4 Å². The molecule has 0 radical (unpaired) electrons. The Balaban J connectivity index is 2.30. The van der Waals surface area contributed by atoms with Crippen LogP contribution in [0.4, 0.5) is 4.39 Å². The summed E-state index contributed by atoms with van der Waals surface area (Å²) in [4.78, 5) is 25.9. The molecule has 8 heteroatoms. The molecular weight excluding hydrogens is 461 g/mol. The summed E-state index contributed by atoms with van der Waals surface area (Å²) in [6.07, 6.45) is 2.19. The summed E-state index contributed by atoms with van der Waals surface area (Å²) in [6, 6.07) is 7.65. The number of aromatic nitrogens is 1. The first-order valence-electron chi connectivity index (χ1n) is 11.2. The Hall–Kier alpha value is -2.90. The molecule has 1 atom stereocenters. The van der Waals surface area contributed by atoms with Gasteiger partial charge in [0.05, 0.1) is 36.9 Å². The van der Waals surface area contributed by atoms with Gasteiger partial charge in [0.1, 0.15) is 17.1 Å². The molecule has 1 heterocycles. The van der Waals surface area contributed by atoms with E-state index in [4.69, 9.17) is 21.1 Å². The first-order valence-corrected chi connectivity index (χ1v) is 11.6. The second-order valence-corrected chi connectivity index (χ2v) is 8.94. The number of hydrogen-bond acceptors (Lipinski definition) is 5. The van der Waals surface area contributed by atoms with Crippen LogP contribution in [0, 0.1) is 11.7 Å². The molecule has 0 spiro atoms. The van der Waals surface area contributed by atoms with E-state index in [-0.39, 0.29) is 47.6 Å². The molecule has 0 saturated carbocycles. The summed E-state index contributed by atoms with van der Waals surface area (Å²) >= 11 is 5.94. The Morgan fingerprint density at radius 3 is 2.59 bits per heavy atom. The Morgan fingerprint density at radius 2 is 1.97 bits per heavy atom. The molecule has 0 aliphatic heterocycles. The van der Waals surface area contributed by atoms with Crippen molar-refractivity contribution in [2.45, 2.75) is 39.7 Å². The quantitative estimate of drug-likeness (QED) is 0.420. The van der Waals surface area contributed by atoms with Gasteiger partial charge < -0.3 is 19.1 Å². The van der Waals surface area contributed by atoms with Crippen molar-refractivity contribution < 1.29 is 23.8 Å². The van der Waals surface area contributed by atoms with Crippen LogP contribution in [0.2, 0.25) is 5.02 Å². The Labute approximate surface area is 202 Å². The van der Waals surface area contributed by atoms with Crippen LogP contribution in [0.3, 0.4) is 0 Å². The third-order valence-electron chi connectivity index (χ3n) is 5.69. The van der Waals surface area contributed by atoms with Crippen LogP contribution in [0.1, 0.15) is 54.7 Å². The Morgan fingerprint density at radius 1 is 1.24 bits per heavy atom. The van der Waals surface area contributed by atoms with Gasteiger partial charge in [0.2, 0.25) is 5.43 Å². The zero-order chi connectivity index (χ0) is 25.0. The SMILES string of the molecule is CCOC(=O)c1cn([C@H](CO)CC(C)C)c2cc(OC)c(Cc3cccc(Cl)c3F)cc2c1=O. The molecule has 2 aromatic carbocycles. The summed E-state index contributed by atoms with van der Waals surface area (Å²) in [6.45, 7) is 5.65. The Bertz CT molecular complexity index is 1250. The van der Waals surface area contributed by atoms with Crippen molar-refractivity contribution in [3.8, 4) is 5.75 Å². The Kier molecular flexibility index (Phi) is 8.33. The van der Waals surface area contributed by atoms with Gasteiger partial charge >= 0.3 is 5.97 Å². The van der Waals surface area contributed by atoms with Crippen LogP contribution in [0.15, 0.2) is 41.3 Å². The minimum Gasteiger partial charge on any atom is -0.496 e. The molecule has 0 bridgehead atoms. The van der Waals surface area contributed by atoms with Gasteiger partial charge in [-0.05, 0) is 42.5 Å². The number of aliphatic hydroxyl groups excluding tert-OH is 1. The van der Waals surface area contributed by atoms with E-state index >= 15 is 0 Å². The lowest BCUT2D eigenvalue weighted by atomic mass is 9.98. The first kappa shape index (κ1) is 25.7. The van der Waals surface area contributed by atoms with E-state index in [9.17, 15) is 19.1 Å². The highest BCUT2D eigenvalue weighted by Gasteiger charge is 2.23. The van der Waals surface area contributed by atoms with Gasteiger partial charge in [-0.3, -0.25) is 4.79 Å². The number of halogens is 2. The molecule has 0 amide bonds. The average Bonchev–Trinajstić information content (AvgIpc) is 2.80. The van der Waals surface area contributed by atoms with Crippen molar-refractivity contribution in [2.24, 2.45) is 5.92 Å². The number of fused-ring (bicyclic) bond motifs is 1. The van der Waals surface area contributed by atoms with Gasteiger partial charge in [0.15, 0.2) is 0 Å². The monoisotopic (exact) mass is 489 g/mol. The van der Waals surface area contributed by atoms with E-state index < -0.39 is 17.2 Å². The molecule has 0 aliphatic rings. The minimum absolute atomic E-state index is 0.00341. The lowest BCUT2D eigenvalue weighted by Crippen LogP contribution is -2.25. The standard InChI is InChI=1S/C26H29ClFNO5/c1-5-34-26(32)20-13-29(18(14-30)9-15(2)3)22-12-23(33-4)17(11-19(22)25(20)31)10-16-7-6-8-21(27)24(16)28/h6-8,11-13,15,18,30H,5,9-10,14H2,1-4H3/t18-/m0/s1. The number of carbonyl (C=O) groups is 1. The highest BCUT2D eigenvalue weighted by Crippen LogP contribution is 2.31. The van der Waals surface area contributed by atoms with Crippen molar-refractivity contribution in [1.82, 2.24) is 4.57 Å². The minimum atomic E-state index is -0.734. The van der Waals surface area contributed by atoms with Gasteiger partial charge in [-0.25, -0.2) is 9.18 Å². The van der Waals surface area contributed by atoms with Crippen LogP contribution in [0.25, 0.3) is 10.9 Å². The number of ether oxygens (including phenoxy) is 2. The van der Waals surface area contributed by atoms with Crippen molar-refractivity contribution in [2.75, 3.05) is 20.3 Å². The zero-order valence-corrected chi connectivity index (χ0v) is 20.5. The maximum absolute atomic E-state index is 14.6. The fourth-order valence-corrected chi connectivity index (χ4v) is 4.31. The molecule has 1 aromatic heterocycles. The van der Waals surface area contributed by atoms with Crippen LogP contribution in [0.5, 0.6) is 5.75 Å². The van der Waals surface area contributed by atoms with E-state index in [1.54, 1.807) is 35.8 Å². The van der Waals surface area contributed by atoms with Crippen LogP contribution in [-0.2, 0) is 11.2 Å². The summed E-state index contributed by atoms with van der Waals surface area (Å²) in [7, 11) is 1.49. The molecule has 3 rings (SSSR count). The summed E-state index contributed by atoms with van der Waals surface area (Å²) in [5.41, 5.74) is 0.790. The smallest absolute Gasteiger partial charge is 0.343 e. The lowest BCUT2D eigenvalue weighted by molar-refractivity contribution is 0.0523. The number of aliphatic hydroxyl groups is 1. The number of pyridine rings is 1. The third kappa shape index (κ3) is 5.26. The highest BCUT2D eigenvalue weighted by atomic mass is 35.5. The molecule has 182 valence electrons. The summed E-state index contributed by atoms with van der Waals surface area (Å²) in [5, 5.41) is 10.4. The van der Waals surface area contributed by atoms with Gasteiger partial charge in [-0.1, -0.05) is 37.6 Å². The van der Waals surface area contributed by atoms with Gasteiger partial charge in [0, 0.05) is 24.1 Å². The normalized spacial score (nSPS) is 12.2. The number of carbonyl (C=O) groups excluding carboxylic acids is 1. The molecule has 0 unspecified atom stereocenters. The van der Waals surface area contributed by atoms with Gasteiger partial charge in [-0.2, -0.15) is 0 Å². The molecule has 3 aromatic rings. The van der Waals surface area contributed by atoms with Crippen molar-refractivity contribution >= 4 is 28.5 Å². The topological polar surface area (TPSA) is 77.8 Å². The molecule has 6 nitrogen and oxygen atoms in total. The number of rotatable bonds is 9. The third-order valence-corrected chi connectivity index (χ3v) is 5.98. The fourth-order valence-electron chi connectivity index (χ4n) is 4.12. The average molecular weight is 490 g/mol. The van der Waals surface area contributed by atoms with Crippen molar-refractivity contribution in [3.63, 3.8) is 0 Å². The first-order chi connectivity index (χ1) is 16.2. The zero-order valence-electron chi connectivity index (χ0n) is 19.7. The maximum Gasteiger partial charge on any atom is 0.343 e. The lowest BCUT2D eigenvalue weighted by Gasteiger charge is -2.24.